The van der Waals surface area contributed by atoms with Gasteiger partial charge in [-0.05, 0) is 48.0 Å². The molecule has 2 rings (SSSR count). The minimum Gasteiger partial charge on any atom is -0.504 e. The SMILES string of the molecule is CCOc1cc(/C=N/Nc2nc(C)cc(COC)c2C#N)c(Br)cc1O. The van der Waals surface area contributed by atoms with Gasteiger partial charge in [-0.15, -0.1) is 0 Å². The monoisotopic (exact) mass is 418 g/mol. The Balaban J connectivity index is 2.29. The fourth-order valence-electron chi connectivity index (χ4n) is 2.31. The number of nitrogens with zero attached hydrogens (tertiary/aromatic N) is 3. The van der Waals surface area contributed by atoms with Crippen molar-refractivity contribution in [2.45, 2.75) is 20.5 Å². The lowest BCUT2D eigenvalue weighted by Gasteiger charge is -2.10. The topological polar surface area (TPSA) is 99.8 Å². The average molecular weight is 419 g/mol. The molecule has 2 aromatic rings. The number of benzene rings is 1. The van der Waals surface area contributed by atoms with Gasteiger partial charge < -0.3 is 14.6 Å². The fraction of sp³-hybridized carbons (Fsp3) is 0.278. The summed E-state index contributed by atoms with van der Waals surface area (Å²) in [7, 11) is 1.57. The molecule has 0 fully saturated rings. The molecule has 0 aliphatic heterocycles. The van der Waals surface area contributed by atoms with E-state index in [0.29, 0.717) is 40.4 Å². The van der Waals surface area contributed by atoms with E-state index in [1.807, 2.05) is 19.9 Å². The summed E-state index contributed by atoms with van der Waals surface area (Å²) in [6.45, 7) is 4.41. The summed E-state index contributed by atoms with van der Waals surface area (Å²) in [6.07, 6.45) is 1.55. The Labute approximate surface area is 160 Å². The van der Waals surface area contributed by atoms with Gasteiger partial charge in [0, 0.05) is 28.4 Å². The van der Waals surface area contributed by atoms with Crippen LogP contribution in [0, 0.1) is 18.3 Å². The second kappa shape index (κ2) is 9.17. The molecule has 0 bridgehead atoms. The van der Waals surface area contributed by atoms with Crippen molar-refractivity contribution >= 4 is 28.0 Å². The Morgan fingerprint density at radius 3 is 2.85 bits per heavy atom. The number of phenols is 1. The minimum absolute atomic E-state index is 0.0418. The lowest BCUT2D eigenvalue weighted by atomic mass is 10.1. The highest BCUT2D eigenvalue weighted by Gasteiger charge is 2.11. The van der Waals surface area contributed by atoms with Crippen LogP contribution in [0.2, 0.25) is 0 Å². The van der Waals surface area contributed by atoms with Crippen molar-refractivity contribution < 1.29 is 14.6 Å². The van der Waals surface area contributed by atoms with Crippen LogP contribution >= 0.6 is 15.9 Å². The van der Waals surface area contributed by atoms with Crippen LogP contribution in [0.4, 0.5) is 5.82 Å². The summed E-state index contributed by atoms with van der Waals surface area (Å²) in [5, 5.41) is 23.4. The molecular formula is C18H19BrN4O3. The standard InChI is InChI=1S/C18H19BrN4O3/c1-4-26-17-6-12(15(19)7-16(17)24)9-21-23-18-14(8-20)13(10-25-3)5-11(2)22-18/h5-7,9,24H,4,10H2,1-3H3,(H,22,23)/b21-9+. The number of pyridine rings is 1. The van der Waals surface area contributed by atoms with Crippen LogP contribution in [-0.2, 0) is 11.3 Å². The van der Waals surface area contributed by atoms with Crippen molar-refractivity contribution in [3.63, 3.8) is 0 Å². The molecule has 0 radical (unpaired) electrons. The van der Waals surface area contributed by atoms with Crippen LogP contribution < -0.4 is 10.2 Å². The van der Waals surface area contributed by atoms with Crippen LogP contribution in [0.15, 0.2) is 27.8 Å². The van der Waals surface area contributed by atoms with E-state index >= 15 is 0 Å². The zero-order chi connectivity index (χ0) is 19.1. The lowest BCUT2D eigenvalue weighted by molar-refractivity contribution is 0.184. The van der Waals surface area contributed by atoms with Gasteiger partial charge in [0.05, 0.1) is 19.4 Å². The van der Waals surface area contributed by atoms with Gasteiger partial charge >= 0.3 is 0 Å². The summed E-state index contributed by atoms with van der Waals surface area (Å²) in [4.78, 5) is 4.32. The number of aromatic hydroxyl groups is 1. The summed E-state index contributed by atoms with van der Waals surface area (Å²) >= 11 is 3.37. The molecule has 1 heterocycles. The molecule has 0 aliphatic carbocycles. The number of hydrazone groups is 1. The molecule has 0 amide bonds. The lowest BCUT2D eigenvalue weighted by Crippen LogP contribution is -2.03. The van der Waals surface area contributed by atoms with Crippen molar-refractivity contribution in [3.8, 4) is 17.6 Å². The number of methoxy groups -OCH3 is 1. The predicted octanol–water partition coefficient (Wildman–Crippen LogP) is 3.72. The van der Waals surface area contributed by atoms with Crippen LogP contribution in [0.1, 0.15) is 29.3 Å². The molecule has 26 heavy (non-hydrogen) atoms. The van der Waals surface area contributed by atoms with Gasteiger partial charge in [0.1, 0.15) is 11.6 Å². The molecule has 0 aliphatic rings. The highest BCUT2D eigenvalue weighted by molar-refractivity contribution is 9.10. The van der Waals surface area contributed by atoms with E-state index in [2.05, 4.69) is 37.5 Å². The maximum Gasteiger partial charge on any atom is 0.164 e. The smallest absolute Gasteiger partial charge is 0.164 e. The van der Waals surface area contributed by atoms with Crippen molar-refractivity contribution in [2.75, 3.05) is 19.1 Å². The molecule has 8 heteroatoms. The van der Waals surface area contributed by atoms with Crippen molar-refractivity contribution in [2.24, 2.45) is 5.10 Å². The highest BCUT2D eigenvalue weighted by Crippen LogP contribution is 2.32. The van der Waals surface area contributed by atoms with Gasteiger partial charge in [-0.1, -0.05) is 0 Å². The van der Waals surface area contributed by atoms with Gasteiger partial charge in [-0.25, -0.2) is 4.98 Å². The predicted molar refractivity (Wildman–Crippen MR) is 103 cm³/mol. The maximum atomic E-state index is 9.86. The molecule has 7 nitrogen and oxygen atoms in total. The third-order valence-electron chi connectivity index (χ3n) is 3.39. The Morgan fingerprint density at radius 1 is 1.42 bits per heavy atom. The number of halogens is 1. The van der Waals surface area contributed by atoms with Crippen LogP contribution in [0.5, 0.6) is 11.5 Å². The minimum atomic E-state index is 0.0418. The van der Waals surface area contributed by atoms with Crippen molar-refractivity contribution in [3.05, 3.63) is 45.1 Å². The molecule has 0 spiro atoms. The Hall–Kier alpha value is -2.63. The molecule has 0 saturated heterocycles. The second-order valence-corrected chi connectivity index (χ2v) is 6.19. The van der Waals surface area contributed by atoms with E-state index < -0.39 is 0 Å². The molecule has 0 saturated carbocycles. The highest BCUT2D eigenvalue weighted by atomic mass is 79.9. The maximum absolute atomic E-state index is 9.86. The Bertz CT molecular complexity index is 862. The third kappa shape index (κ3) is 4.71. The molecule has 0 atom stereocenters. The van der Waals surface area contributed by atoms with E-state index in [1.54, 1.807) is 19.4 Å². The molecule has 0 unspecified atom stereocenters. The van der Waals surface area contributed by atoms with Crippen LogP contribution in [-0.4, -0.2) is 30.0 Å². The largest absolute Gasteiger partial charge is 0.504 e. The number of nitriles is 1. The number of phenolic OH excluding ortho intramolecular Hbond substituents is 1. The zero-order valence-corrected chi connectivity index (χ0v) is 16.3. The van der Waals surface area contributed by atoms with Crippen molar-refractivity contribution in [1.29, 1.82) is 5.26 Å². The molecule has 1 aromatic carbocycles. The van der Waals surface area contributed by atoms with Gasteiger partial charge in [-0.3, -0.25) is 5.43 Å². The quantitative estimate of drug-likeness (QED) is 0.524. The summed E-state index contributed by atoms with van der Waals surface area (Å²) in [5.41, 5.74) is 5.37. The number of anilines is 1. The zero-order valence-electron chi connectivity index (χ0n) is 14.7. The third-order valence-corrected chi connectivity index (χ3v) is 4.08. The first-order valence-corrected chi connectivity index (χ1v) is 8.63. The Morgan fingerprint density at radius 2 is 2.19 bits per heavy atom. The van der Waals surface area contributed by atoms with Crippen LogP contribution in [0.3, 0.4) is 0 Å². The van der Waals surface area contributed by atoms with Crippen LogP contribution in [0.25, 0.3) is 0 Å². The molecule has 2 N–H and O–H groups in total. The van der Waals surface area contributed by atoms with E-state index in [1.165, 1.54) is 6.07 Å². The number of aryl methyl sites for hydroxylation is 1. The normalized spacial score (nSPS) is 10.7. The van der Waals surface area contributed by atoms with E-state index in [9.17, 15) is 10.4 Å². The van der Waals surface area contributed by atoms with Gasteiger partial charge in [0.15, 0.2) is 17.3 Å². The van der Waals surface area contributed by atoms with E-state index in [0.717, 1.165) is 11.3 Å². The van der Waals surface area contributed by atoms with Gasteiger partial charge in [0.2, 0.25) is 0 Å². The number of ether oxygens (including phenoxy) is 2. The Kier molecular flexibility index (Phi) is 6.95. The van der Waals surface area contributed by atoms with Crippen molar-refractivity contribution in [1.82, 2.24) is 4.98 Å². The average Bonchev–Trinajstić information content (AvgIpc) is 2.59. The van der Waals surface area contributed by atoms with Gasteiger partial charge in [0.25, 0.3) is 0 Å². The fourth-order valence-corrected chi connectivity index (χ4v) is 2.74. The number of nitrogens with one attached hydrogen (secondary N) is 1. The second-order valence-electron chi connectivity index (χ2n) is 5.34. The molecule has 1 aromatic heterocycles. The molecule has 136 valence electrons. The van der Waals surface area contributed by atoms with E-state index in [4.69, 9.17) is 9.47 Å². The van der Waals surface area contributed by atoms with E-state index in [-0.39, 0.29) is 5.75 Å². The summed E-state index contributed by atoms with van der Waals surface area (Å²) < 4.78 is 11.2. The number of aromatic nitrogens is 1. The van der Waals surface area contributed by atoms with Gasteiger partial charge in [-0.2, -0.15) is 10.4 Å². The summed E-state index contributed by atoms with van der Waals surface area (Å²) in [5.74, 6) is 0.766. The first-order chi connectivity index (χ1) is 12.5. The summed E-state index contributed by atoms with van der Waals surface area (Å²) in [6, 6.07) is 7.14. The number of hydrogen-bond donors (Lipinski definition) is 2. The first-order valence-electron chi connectivity index (χ1n) is 7.84. The number of hydrogen-bond acceptors (Lipinski definition) is 7. The number of rotatable bonds is 7. The molecular weight excluding hydrogens is 400 g/mol. The first kappa shape index (κ1) is 19.7.